The van der Waals surface area contributed by atoms with Crippen molar-refractivity contribution >= 4 is 17.4 Å². The summed E-state index contributed by atoms with van der Waals surface area (Å²) >= 11 is 0. The molecule has 0 fully saturated rings. The van der Waals surface area contributed by atoms with Gasteiger partial charge in [0.2, 0.25) is 0 Å². The fourth-order valence-electron chi connectivity index (χ4n) is 5.26. The smallest absolute Gasteiger partial charge is 0.336 e. The zero-order valence-electron chi connectivity index (χ0n) is 22.3. The highest BCUT2D eigenvalue weighted by Gasteiger charge is 2.42. The largest absolute Gasteiger partial charge is 0.493 e. The predicted molar refractivity (Wildman–Crippen MR) is 141 cm³/mol. The van der Waals surface area contributed by atoms with Crippen molar-refractivity contribution in [2.24, 2.45) is 0 Å². The summed E-state index contributed by atoms with van der Waals surface area (Å²) in [4.78, 5) is 38.3. The van der Waals surface area contributed by atoms with E-state index in [-0.39, 0.29) is 30.4 Å². The zero-order valence-corrected chi connectivity index (χ0v) is 22.3. The van der Waals surface area contributed by atoms with E-state index in [9.17, 15) is 19.7 Å². The molecule has 1 aliphatic carbocycles. The fourth-order valence-corrected chi connectivity index (χ4v) is 5.26. The van der Waals surface area contributed by atoms with Gasteiger partial charge in [0.05, 0.1) is 31.3 Å². The van der Waals surface area contributed by atoms with Crippen molar-refractivity contribution in [1.29, 1.82) is 0 Å². The highest BCUT2D eigenvalue weighted by atomic mass is 16.6. The minimum Gasteiger partial charge on any atom is -0.493 e. The number of dihydropyridines is 1. The van der Waals surface area contributed by atoms with Gasteiger partial charge in [-0.25, -0.2) is 4.79 Å². The number of carbonyl (C=O) groups excluding carboxylic acids is 2. The Hall–Kier alpha value is -4.14. The number of Topliss-reactive ketones (excluding diaryl/α,β-unsaturated/α-hetero) is 1. The van der Waals surface area contributed by atoms with Gasteiger partial charge in [0.1, 0.15) is 0 Å². The van der Waals surface area contributed by atoms with Gasteiger partial charge in [-0.1, -0.05) is 25.1 Å². The van der Waals surface area contributed by atoms with Gasteiger partial charge in [-0.2, -0.15) is 0 Å². The average Bonchev–Trinajstić information content (AvgIpc) is 2.90. The van der Waals surface area contributed by atoms with Gasteiger partial charge >= 0.3 is 5.97 Å². The maximum absolute atomic E-state index is 13.8. The molecule has 0 bridgehead atoms. The van der Waals surface area contributed by atoms with Gasteiger partial charge in [-0.15, -0.1) is 0 Å². The molecule has 1 N–H and O–H groups in total. The quantitative estimate of drug-likeness (QED) is 0.285. The molecule has 38 heavy (non-hydrogen) atoms. The van der Waals surface area contributed by atoms with Crippen molar-refractivity contribution in [1.82, 2.24) is 5.32 Å². The van der Waals surface area contributed by atoms with Gasteiger partial charge in [0.15, 0.2) is 17.3 Å². The molecule has 1 aliphatic heterocycles. The molecular weight excluding hydrogens is 488 g/mol. The second-order valence-electron chi connectivity index (χ2n) is 9.57. The molecule has 0 saturated carbocycles. The van der Waals surface area contributed by atoms with Crippen LogP contribution in [-0.4, -0.2) is 37.5 Å². The number of nitro groups is 1. The van der Waals surface area contributed by atoms with Crippen molar-refractivity contribution in [3.63, 3.8) is 0 Å². The molecule has 200 valence electrons. The summed E-state index contributed by atoms with van der Waals surface area (Å²) < 4.78 is 16.3. The number of nitrogens with one attached hydrogen (secondary N) is 1. The van der Waals surface area contributed by atoms with E-state index < -0.39 is 16.8 Å². The summed E-state index contributed by atoms with van der Waals surface area (Å²) in [5.41, 5.74) is 3.91. The Balaban J connectivity index is 1.81. The molecule has 2 aromatic rings. The first kappa shape index (κ1) is 26.9. The van der Waals surface area contributed by atoms with Crippen molar-refractivity contribution < 1.29 is 28.7 Å². The second-order valence-corrected chi connectivity index (χ2v) is 9.57. The lowest BCUT2D eigenvalue weighted by Crippen LogP contribution is -2.36. The third kappa shape index (κ3) is 5.01. The SMILES string of the molecule is CCCOC(=O)C1=C(C)NC2=C(C(=O)C[C@H](c3ccc(OC)c(OC)c3)C2)[C@H]1c1ccc(C)c([N+](=O)[O-])c1. The van der Waals surface area contributed by atoms with E-state index in [0.29, 0.717) is 58.0 Å². The van der Waals surface area contributed by atoms with Gasteiger partial charge in [-0.3, -0.25) is 14.9 Å². The number of ketones is 1. The van der Waals surface area contributed by atoms with E-state index in [1.54, 1.807) is 40.2 Å². The lowest BCUT2D eigenvalue weighted by atomic mass is 9.71. The molecule has 0 aromatic heterocycles. The minimum absolute atomic E-state index is 0.0615. The lowest BCUT2D eigenvalue weighted by molar-refractivity contribution is -0.385. The van der Waals surface area contributed by atoms with E-state index >= 15 is 0 Å². The molecule has 2 atom stereocenters. The van der Waals surface area contributed by atoms with E-state index in [4.69, 9.17) is 14.2 Å². The molecule has 0 radical (unpaired) electrons. The molecule has 0 saturated heterocycles. The van der Waals surface area contributed by atoms with Crippen LogP contribution in [-0.2, 0) is 14.3 Å². The first-order chi connectivity index (χ1) is 18.2. The number of benzene rings is 2. The van der Waals surface area contributed by atoms with Gasteiger partial charge in [-0.05, 0) is 55.9 Å². The number of carbonyl (C=O) groups is 2. The van der Waals surface area contributed by atoms with E-state index in [0.717, 1.165) is 5.56 Å². The molecule has 1 heterocycles. The predicted octanol–water partition coefficient (Wildman–Crippen LogP) is 5.24. The van der Waals surface area contributed by atoms with Crippen molar-refractivity contribution in [3.8, 4) is 11.5 Å². The van der Waals surface area contributed by atoms with Crippen LogP contribution >= 0.6 is 0 Å². The minimum atomic E-state index is -0.770. The van der Waals surface area contributed by atoms with Crippen molar-refractivity contribution in [3.05, 3.63) is 85.7 Å². The number of aryl methyl sites for hydroxylation is 1. The van der Waals surface area contributed by atoms with E-state index in [2.05, 4.69) is 5.32 Å². The second kappa shape index (κ2) is 11.1. The van der Waals surface area contributed by atoms with Crippen LogP contribution in [0.2, 0.25) is 0 Å². The summed E-state index contributed by atoms with van der Waals surface area (Å²) in [6.07, 6.45) is 1.39. The van der Waals surface area contributed by atoms with E-state index in [1.165, 1.54) is 6.07 Å². The normalized spacial score (nSPS) is 19.0. The third-order valence-electron chi connectivity index (χ3n) is 7.13. The topological polar surface area (TPSA) is 117 Å². The molecule has 9 nitrogen and oxygen atoms in total. The Kier molecular flexibility index (Phi) is 7.85. The van der Waals surface area contributed by atoms with Crippen molar-refractivity contribution in [2.45, 2.75) is 51.9 Å². The van der Waals surface area contributed by atoms with E-state index in [1.807, 2.05) is 25.1 Å². The molecule has 4 rings (SSSR count). The highest BCUT2D eigenvalue weighted by Crippen LogP contribution is 2.47. The summed E-state index contributed by atoms with van der Waals surface area (Å²) in [7, 11) is 3.13. The Morgan fingerprint density at radius 1 is 1.05 bits per heavy atom. The highest BCUT2D eigenvalue weighted by molar-refractivity contribution is 6.04. The average molecular weight is 521 g/mol. The number of nitro benzene ring substituents is 1. The van der Waals surface area contributed by atoms with Crippen LogP contribution in [0.1, 0.15) is 61.6 Å². The standard InChI is InChI=1S/C29H32N2O7/c1-6-11-38-29(33)26-17(3)30-21-12-20(18-9-10-24(36-4)25(15-18)37-5)14-23(32)28(21)27(26)19-8-7-16(2)22(13-19)31(34)35/h7-10,13,15,20,27,30H,6,11-12,14H2,1-5H3/t20-,27+/m1/s1. The van der Waals surface area contributed by atoms with Crippen LogP contribution in [0.25, 0.3) is 0 Å². The first-order valence-electron chi connectivity index (χ1n) is 12.6. The number of esters is 1. The fraction of sp³-hybridized carbons (Fsp3) is 0.379. The number of rotatable bonds is 8. The molecular formula is C29H32N2O7. The van der Waals surface area contributed by atoms with Crippen LogP contribution in [0.15, 0.2) is 58.9 Å². The number of methoxy groups -OCH3 is 2. The number of ether oxygens (including phenoxy) is 3. The molecule has 2 aromatic carbocycles. The van der Waals surface area contributed by atoms with Gasteiger partial charge in [0.25, 0.3) is 5.69 Å². The van der Waals surface area contributed by atoms with Crippen LogP contribution in [0.5, 0.6) is 11.5 Å². The van der Waals surface area contributed by atoms with Gasteiger partial charge in [0, 0.05) is 40.9 Å². The first-order valence-corrected chi connectivity index (χ1v) is 12.6. The number of hydrogen-bond donors (Lipinski definition) is 1. The summed E-state index contributed by atoms with van der Waals surface area (Å²) in [6, 6.07) is 10.5. The zero-order chi connectivity index (χ0) is 27.6. The van der Waals surface area contributed by atoms with Gasteiger partial charge < -0.3 is 19.5 Å². The maximum atomic E-state index is 13.8. The lowest BCUT2D eigenvalue weighted by Gasteiger charge is -2.36. The molecule has 0 amide bonds. The summed E-state index contributed by atoms with van der Waals surface area (Å²) in [5, 5.41) is 15.0. The van der Waals surface area contributed by atoms with Crippen molar-refractivity contribution in [2.75, 3.05) is 20.8 Å². The Bertz CT molecular complexity index is 1360. The van der Waals surface area contributed by atoms with Crippen LogP contribution in [0.3, 0.4) is 0 Å². The third-order valence-corrected chi connectivity index (χ3v) is 7.13. The van der Waals surface area contributed by atoms with Crippen LogP contribution < -0.4 is 14.8 Å². The van der Waals surface area contributed by atoms with Crippen LogP contribution in [0.4, 0.5) is 5.69 Å². The van der Waals surface area contributed by atoms with Crippen LogP contribution in [0, 0.1) is 17.0 Å². The monoisotopic (exact) mass is 520 g/mol. The number of allylic oxidation sites excluding steroid dienone is 3. The molecule has 0 spiro atoms. The number of hydrogen-bond acceptors (Lipinski definition) is 8. The summed E-state index contributed by atoms with van der Waals surface area (Å²) in [6.45, 7) is 5.56. The maximum Gasteiger partial charge on any atom is 0.336 e. The number of nitrogens with zero attached hydrogens (tertiary/aromatic N) is 1. The molecule has 9 heteroatoms. The Morgan fingerprint density at radius 3 is 2.42 bits per heavy atom. The molecule has 2 aliphatic rings. The Labute approximate surface area is 221 Å². The molecule has 0 unspecified atom stereocenters. The Morgan fingerprint density at radius 2 is 1.76 bits per heavy atom. The summed E-state index contributed by atoms with van der Waals surface area (Å²) in [5.74, 6) is -0.372.